The van der Waals surface area contributed by atoms with Gasteiger partial charge in [0.25, 0.3) is 5.91 Å². The molecule has 2 fully saturated rings. The van der Waals surface area contributed by atoms with E-state index in [1.54, 1.807) is 0 Å². The molecule has 0 bridgehead atoms. The molecule has 6 heteroatoms. The molecule has 146 valence electrons. The lowest BCUT2D eigenvalue weighted by molar-refractivity contribution is 0.0731. The number of nitrogens with zero attached hydrogens (tertiary/aromatic N) is 4. The maximum atomic E-state index is 13.2. The highest BCUT2D eigenvalue weighted by molar-refractivity contribution is 5.96. The Kier molecular flexibility index (Phi) is 4.05. The molecule has 6 nitrogen and oxygen atoms in total. The van der Waals surface area contributed by atoms with Gasteiger partial charge in [0, 0.05) is 43.6 Å². The molecule has 28 heavy (non-hydrogen) atoms. The monoisotopic (exact) mass is 377 g/mol. The highest BCUT2D eigenvalue weighted by Crippen LogP contribution is 2.34. The first-order chi connectivity index (χ1) is 13.5. The van der Waals surface area contributed by atoms with Crippen molar-refractivity contribution in [1.29, 1.82) is 0 Å². The van der Waals surface area contributed by atoms with Crippen LogP contribution >= 0.6 is 0 Å². The molecule has 3 aromatic rings. The molecule has 1 N–H and O–H groups in total. The number of nitrogens with one attached hydrogen (secondary N) is 1. The van der Waals surface area contributed by atoms with Crippen LogP contribution in [0, 0.1) is 13.8 Å². The molecule has 5 rings (SSSR count). The lowest BCUT2D eigenvalue weighted by Gasteiger charge is -2.25. The second-order valence-electron chi connectivity index (χ2n) is 8.23. The van der Waals surface area contributed by atoms with Crippen LogP contribution in [0.5, 0.6) is 0 Å². The molecule has 0 radical (unpaired) electrons. The Morgan fingerprint density at radius 1 is 1.18 bits per heavy atom. The molecule has 1 aromatic carbocycles. The number of carbonyl (C=O) groups is 1. The van der Waals surface area contributed by atoms with E-state index in [0.29, 0.717) is 12.1 Å². The first kappa shape index (κ1) is 17.5. The Labute approximate surface area is 165 Å². The van der Waals surface area contributed by atoms with Gasteiger partial charge in [-0.1, -0.05) is 12.1 Å². The molecule has 1 amide bonds. The Hall–Kier alpha value is -2.60. The van der Waals surface area contributed by atoms with Crippen molar-refractivity contribution in [2.45, 2.75) is 45.3 Å². The van der Waals surface area contributed by atoms with E-state index in [9.17, 15) is 4.79 Å². The Balaban J connectivity index is 1.33. The number of aromatic nitrogens is 3. The van der Waals surface area contributed by atoms with Crippen molar-refractivity contribution >= 4 is 16.9 Å². The zero-order valence-corrected chi connectivity index (χ0v) is 16.8. The second-order valence-corrected chi connectivity index (χ2v) is 8.23. The molecular weight excluding hydrogens is 350 g/mol. The minimum absolute atomic E-state index is 0.194. The molecule has 2 aliphatic heterocycles. The van der Waals surface area contributed by atoms with Gasteiger partial charge in [-0.05, 0) is 44.9 Å². The van der Waals surface area contributed by atoms with Crippen molar-refractivity contribution in [1.82, 2.24) is 24.3 Å². The third kappa shape index (κ3) is 2.66. The number of aromatic amines is 1. The van der Waals surface area contributed by atoms with Crippen LogP contribution in [0.1, 0.15) is 40.4 Å². The van der Waals surface area contributed by atoms with Gasteiger partial charge in [-0.3, -0.25) is 9.69 Å². The number of hydrogen-bond donors (Lipinski definition) is 1. The summed E-state index contributed by atoms with van der Waals surface area (Å²) in [6.45, 7) is 6.78. The van der Waals surface area contributed by atoms with Crippen LogP contribution in [0.15, 0.2) is 30.3 Å². The van der Waals surface area contributed by atoms with Crippen molar-refractivity contribution < 1.29 is 4.79 Å². The second kappa shape index (κ2) is 6.48. The number of rotatable bonds is 3. The first-order valence-electron chi connectivity index (χ1n) is 10.1. The lowest BCUT2D eigenvalue weighted by Crippen LogP contribution is -2.39. The van der Waals surface area contributed by atoms with Crippen molar-refractivity contribution in [3.8, 4) is 0 Å². The molecule has 0 spiro atoms. The van der Waals surface area contributed by atoms with E-state index in [-0.39, 0.29) is 5.91 Å². The zero-order valence-electron chi connectivity index (χ0n) is 16.8. The minimum Gasteiger partial charge on any atom is -0.351 e. The number of aryl methyl sites for hydroxylation is 1. The summed E-state index contributed by atoms with van der Waals surface area (Å²) in [7, 11) is 2.03. The van der Waals surface area contributed by atoms with Crippen molar-refractivity contribution in [3.63, 3.8) is 0 Å². The molecule has 2 atom stereocenters. The number of fused-ring (bicyclic) bond motifs is 2. The van der Waals surface area contributed by atoms with Gasteiger partial charge in [-0.25, -0.2) is 4.98 Å². The smallest absolute Gasteiger partial charge is 0.255 e. The summed E-state index contributed by atoms with van der Waals surface area (Å²) in [5.74, 6) is 1.21. The van der Waals surface area contributed by atoms with Crippen LogP contribution in [0.4, 0.5) is 0 Å². The van der Waals surface area contributed by atoms with Gasteiger partial charge in [0.2, 0.25) is 0 Å². The third-order valence-electron chi connectivity index (χ3n) is 6.75. The van der Waals surface area contributed by atoms with Crippen LogP contribution < -0.4 is 0 Å². The Bertz CT molecular complexity index is 1020. The van der Waals surface area contributed by atoms with Gasteiger partial charge < -0.3 is 14.5 Å². The van der Waals surface area contributed by atoms with Gasteiger partial charge in [-0.15, -0.1) is 0 Å². The number of amides is 1. The minimum atomic E-state index is 0.194. The molecular formula is C22H27N5O. The Morgan fingerprint density at radius 2 is 1.96 bits per heavy atom. The lowest BCUT2D eigenvalue weighted by atomic mass is 10.1. The predicted octanol–water partition coefficient (Wildman–Crippen LogP) is 3.01. The van der Waals surface area contributed by atoms with E-state index in [2.05, 4.69) is 32.3 Å². The number of likely N-dealkylation sites (tertiary alicyclic amines) is 2. The van der Waals surface area contributed by atoms with Crippen molar-refractivity contribution in [2.75, 3.05) is 13.1 Å². The van der Waals surface area contributed by atoms with Gasteiger partial charge in [-0.2, -0.15) is 0 Å². The van der Waals surface area contributed by atoms with E-state index < -0.39 is 0 Å². The first-order valence-corrected chi connectivity index (χ1v) is 10.1. The zero-order chi connectivity index (χ0) is 19.4. The van der Waals surface area contributed by atoms with Gasteiger partial charge in [0.05, 0.1) is 23.1 Å². The molecule has 0 unspecified atom stereocenters. The third-order valence-corrected chi connectivity index (χ3v) is 6.75. The summed E-state index contributed by atoms with van der Waals surface area (Å²) in [5.41, 5.74) is 5.16. The van der Waals surface area contributed by atoms with Crippen LogP contribution in [-0.2, 0) is 13.6 Å². The quantitative estimate of drug-likeness (QED) is 0.763. The van der Waals surface area contributed by atoms with E-state index in [4.69, 9.17) is 4.98 Å². The summed E-state index contributed by atoms with van der Waals surface area (Å²) in [5, 5.41) is 0. The van der Waals surface area contributed by atoms with E-state index in [1.165, 1.54) is 0 Å². The summed E-state index contributed by atoms with van der Waals surface area (Å²) in [6, 6.07) is 10.9. The predicted molar refractivity (Wildman–Crippen MR) is 109 cm³/mol. The number of H-pyrrole nitrogens is 1. The standard InChI is InChI=1S/C22H27N5O/c1-14-12-16(15(2)25(14)3)22(28)27-11-9-19-20(27)8-10-26(19)13-21-23-17-6-4-5-7-18(17)24-21/h4-7,12,19-20H,8-11,13H2,1-3H3,(H,23,24)/t19-,20-/m0/s1. The Morgan fingerprint density at radius 3 is 2.71 bits per heavy atom. The summed E-state index contributed by atoms with van der Waals surface area (Å²) < 4.78 is 2.10. The van der Waals surface area contributed by atoms with Crippen LogP contribution in [-0.4, -0.2) is 55.4 Å². The van der Waals surface area contributed by atoms with E-state index in [1.807, 2.05) is 38.2 Å². The normalized spacial score (nSPS) is 22.3. The molecule has 0 saturated carbocycles. The highest BCUT2D eigenvalue weighted by Gasteiger charge is 2.44. The SMILES string of the molecule is Cc1cc(C(=O)N2CC[C@H]3[C@@H]2CCN3Cc2nc3ccccc3[nH]2)c(C)n1C. The number of hydrogen-bond acceptors (Lipinski definition) is 3. The maximum absolute atomic E-state index is 13.2. The summed E-state index contributed by atoms with van der Waals surface area (Å²) in [6.07, 6.45) is 2.09. The average Bonchev–Trinajstić information content (AvgIpc) is 3.43. The van der Waals surface area contributed by atoms with Crippen molar-refractivity contribution in [2.24, 2.45) is 7.05 Å². The number of imidazole rings is 1. The topological polar surface area (TPSA) is 57.2 Å². The highest BCUT2D eigenvalue weighted by atomic mass is 16.2. The molecule has 2 aliphatic rings. The largest absolute Gasteiger partial charge is 0.351 e. The fourth-order valence-electron chi connectivity index (χ4n) is 5.02. The number of benzene rings is 1. The molecule has 2 saturated heterocycles. The van der Waals surface area contributed by atoms with E-state index >= 15 is 0 Å². The molecule has 2 aromatic heterocycles. The summed E-state index contributed by atoms with van der Waals surface area (Å²) >= 11 is 0. The molecule has 0 aliphatic carbocycles. The van der Waals surface area contributed by atoms with Crippen LogP contribution in [0.25, 0.3) is 11.0 Å². The fraction of sp³-hybridized carbons (Fsp3) is 0.455. The van der Waals surface area contributed by atoms with Crippen molar-refractivity contribution in [3.05, 3.63) is 53.1 Å². The van der Waals surface area contributed by atoms with Gasteiger partial charge in [0.15, 0.2) is 0 Å². The number of para-hydroxylation sites is 2. The fourth-order valence-corrected chi connectivity index (χ4v) is 5.02. The summed E-state index contributed by atoms with van der Waals surface area (Å²) in [4.78, 5) is 26.0. The van der Waals surface area contributed by atoms with Gasteiger partial charge in [0.1, 0.15) is 5.82 Å². The van der Waals surface area contributed by atoms with Crippen LogP contribution in [0.3, 0.4) is 0 Å². The number of carbonyl (C=O) groups excluding carboxylic acids is 1. The average molecular weight is 377 g/mol. The maximum Gasteiger partial charge on any atom is 0.255 e. The van der Waals surface area contributed by atoms with E-state index in [0.717, 1.165) is 66.3 Å². The molecule has 4 heterocycles. The van der Waals surface area contributed by atoms with Crippen LogP contribution in [0.2, 0.25) is 0 Å². The van der Waals surface area contributed by atoms with Gasteiger partial charge >= 0.3 is 0 Å².